The van der Waals surface area contributed by atoms with E-state index in [0.717, 1.165) is 28.4 Å². The summed E-state index contributed by atoms with van der Waals surface area (Å²) in [5, 5.41) is 9.75. The Bertz CT molecular complexity index is 868. The number of carboxylic acids is 1. The van der Waals surface area contributed by atoms with E-state index >= 15 is 0 Å². The molecule has 0 saturated carbocycles. The summed E-state index contributed by atoms with van der Waals surface area (Å²) in [5.74, 6) is -1.37. The molecule has 28 heavy (non-hydrogen) atoms. The van der Waals surface area contributed by atoms with Crippen LogP contribution in [0.1, 0.15) is 36.6 Å². The van der Waals surface area contributed by atoms with Crippen molar-refractivity contribution in [2.45, 2.75) is 33.4 Å². The average Bonchev–Trinajstić information content (AvgIpc) is 2.62. The van der Waals surface area contributed by atoms with E-state index in [1.807, 2.05) is 36.1 Å². The zero-order valence-electron chi connectivity index (χ0n) is 16.5. The highest BCUT2D eigenvalue weighted by Crippen LogP contribution is 2.31. The summed E-state index contributed by atoms with van der Waals surface area (Å²) >= 11 is 6.16. The van der Waals surface area contributed by atoms with Gasteiger partial charge in [-0.25, -0.2) is 4.39 Å². The summed E-state index contributed by atoms with van der Waals surface area (Å²) in [4.78, 5) is 15.2. The van der Waals surface area contributed by atoms with E-state index in [0.29, 0.717) is 25.2 Å². The van der Waals surface area contributed by atoms with E-state index in [4.69, 9.17) is 16.7 Å². The smallest absolute Gasteiger partial charge is 0.309 e. The maximum Gasteiger partial charge on any atom is 0.309 e. The molecular formula is C22H26ClFN2O2. The molecule has 1 aliphatic heterocycles. The second kappa shape index (κ2) is 8.50. The standard InChI is InChI=1S/C22H26ClFN2O2/c1-4-26(19-6-7-20(23)14(2)9-19)15(3)16-5-8-21(24)17(10-16)11-25-12-18(13-25)22(27)28/h5-10,15,18H,4,11-13H2,1-3H3,(H,27,28). The minimum atomic E-state index is -0.782. The Hall–Kier alpha value is -2.11. The lowest BCUT2D eigenvalue weighted by Gasteiger charge is -2.37. The van der Waals surface area contributed by atoms with Gasteiger partial charge in [-0.3, -0.25) is 9.69 Å². The summed E-state index contributed by atoms with van der Waals surface area (Å²) in [5.41, 5.74) is 3.74. The zero-order chi connectivity index (χ0) is 20.4. The minimum Gasteiger partial charge on any atom is -0.481 e. The van der Waals surface area contributed by atoms with Crippen LogP contribution in [0.25, 0.3) is 0 Å². The predicted molar refractivity (Wildman–Crippen MR) is 110 cm³/mol. The van der Waals surface area contributed by atoms with Crippen LogP contribution in [0.5, 0.6) is 0 Å². The number of carboxylic acid groups (broad SMARTS) is 1. The summed E-state index contributed by atoms with van der Waals surface area (Å²) in [6.07, 6.45) is 0. The van der Waals surface area contributed by atoms with Gasteiger partial charge in [0.2, 0.25) is 0 Å². The van der Waals surface area contributed by atoms with Gasteiger partial charge in [0.25, 0.3) is 0 Å². The van der Waals surface area contributed by atoms with Gasteiger partial charge >= 0.3 is 5.97 Å². The molecule has 2 aromatic carbocycles. The molecule has 6 heteroatoms. The van der Waals surface area contributed by atoms with Crippen LogP contribution in [0.2, 0.25) is 5.02 Å². The number of rotatable bonds is 7. The Morgan fingerprint density at radius 3 is 2.64 bits per heavy atom. The van der Waals surface area contributed by atoms with E-state index in [1.165, 1.54) is 6.07 Å². The molecule has 1 atom stereocenters. The fourth-order valence-corrected chi connectivity index (χ4v) is 3.86. The van der Waals surface area contributed by atoms with Crippen LogP contribution in [0, 0.1) is 18.7 Å². The maximum absolute atomic E-state index is 14.3. The Labute approximate surface area is 170 Å². The van der Waals surface area contributed by atoms with Crippen LogP contribution >= 0.6 is 11.6 Å². The molecule has 1 heterocycles. The molecule has 4 nitrogen and oxygen atoms in total. The first-order valence-corrected chi connectivity index (χ1v) is 9.94. The van der Waals surface area contributed by atoms with Crippen molar-refractivity contribution in [1.82, 2.24) is 4.90 Å². The number of aliphatic carboxylic acids is 1. The molecule has 1 saturated heterocycles. The molecule has 1 fully saturated rings. The molecule has 2 aromatic rings. The number of hydrogen-bond donors (Lipinski definition) is 1. The summed E-state index contributed by atoms with van der Waals surface area (Å²) in [7, 11) is 0. The number of hydrogen-bond acceptors (Lipinski definition) is 3. The van der Waals surface area contributed by atoms with Crippen LogP contribution in [0.15, 0.2) is 36.4 Å². The molecule has 0 aliphatic carbocycles. The minimum absolute atomic E-state index is 0.0630. The van der Waals surface area contributed by atoms with Gasteiger partial charge in [-0.05, 0) is 62.2 Å². The van der Waals surface area contributed by atoms with E-state index in [-0.39, 0.29) is 17.8 Å². The van der Waals surface area contributed by atoms with Crippen molar-refractivity contribution in [3.63, 3.8) is 0 Å². The highest BCUT2D eigenvalue weighted by Gasteiger charge is 2.32. The number of aryl methyl sites for hydroxylation is 1. The van der Waals surface area contributed by atoms with Crippen molar-refractivity contribution in [2.24, 2.45) is 5.92 Å². The SMILES string of the molecule is CCN(c1ccc(Cl)c(C)c1)C(C)c1ccc(F)c(CN2CC(C(=O)O)C2)c1. The first-order valence-electron chi connectivity index (χ1n) is 9.56. The van der Waals surface area contributed by atoms with Crippen molar-refractivity contribution in [3.05, 3.63) is 63.9 Å². The van der Waals surface area contributed by atoms with Crippen molar-refractivity contribution in [3.8, 4) is 0 Å². The van der Waals surface area contributed by atoms with Crippen LogP contribution in [0.3, 0.4) is 0 Å². The third kappa shape index (κ3) is 4.31. The quantitative estimate of drug-likeness (QED) is 0.713. The molecule has 150 valence electrons. The summed E-state index contributed by atoms with van der Waals surface area (Å²) in [6, 6.07) is 11.3. The number of anilines is 1. The molecule has 0 amide bonds. The number of benzene rings is 2. The average molecular weight is 405 g/mol. The van der Waals surface area contributed by atoms with Crippen molar-refractivity contribution in [1.29, 1.82) is 0 Å². The first-order chi connectivity index (χ1) is 13.3. The van der Waals surface area contributed by atoms with Gasteiger partial charge in [0.1, 0.15) is 5.82 Å². The van der Waals surface area contributed by atoms with Crippen molar-refractivity contribution in [2.75, 3.05) is 24.5 Å². The molecule has 0 radical (unpaired) electrons. The normalized spacial score (nSPS) is 15.9. The van der Waals surface area contributed by atoms with E-state index < -0.39 is 5.97 Å². The van der Waals surface area contributed by atoms with E-state index in [2.05, 4.69) is 24.8 Å². The Balaban J connectivity index is 1.78. The fourth-order valence-electron chi connectivity index (χ4n) is 3.74. The zero-order valence-corrected chi connectivity index (χ0v) is 17.2. The summed E-state index contributed by atoms with van der Waals surface area (Å²) < 4.78 is 14.3. The maximum atomic E-state index is 14.3. The van der Waals surface area contributed by atoms with Gasteiger partial charge in [-0.2, -0.15) is 0 Å². The highest BCUT2D eigenvalue weighted by molar-refractivity contribution is 6.31. The lowest BCUT2D eigenvalue weighted by molar-refractivity contribution is -0.147. The van der Waals surface area contributed by atoms with E-state index in [9.17, 15) is 9.18 Å². The van der Waals surface area contributed by atoms with Gasteiger partial charge < -0.3 is 10.0 Å². The monoisotopic (exact) mass is 404 g/mol. The van der Waals surface area contributed by atoms with E-state index in [1.54, 1.807) is 0 Å². The Morgan fingerprint density at radius 1 is 1.32 bits per heavy atom. The molecule has 1 aliphatic rings. The number of halogens is 2. The lowest BCUT2D eigenvalue weighted by Crippen LogP contribution is -2.49. The number of likely N-dealkylation sites (tertiary alicyclic amines) is 1. The summed E-state index contributed by atoms with van der Waals surface area (Å²) in [6.45, 7) is 8.37. The van der Waals surface area contributed by atoms with Crippen LogP contribution < -0.4 is 4.90 Å². The largest absolute Gasteiger partial charge is 0.481 e. The van der Waals surface area contributed by atoms with Crippen LogP contribution in [0.4, 0.5) is 10.1 Å². The molecule has 1 N–H and O–H groups in total. The van der Waals surface area contributed by atoms with Gasteiger partial charge in [0, 0.05) is 42.5 Å². The van der Waals surface area contributed by atoms with Gasteiger partial charge in [-0.15, -0.1) is 0 Å². The first kappa shape index (κ1) is 20.6. The lowest BCUT2D eigenvalue weighted by atomic mass is 9.98. The van der Waals surface area contributed by atoms with Crippen LogP contribution in [-0.4, -0.2) is 35.6 Å². The van der Waals surface area contributed by atoms with Crippen LogP contribution in [-0.2, 0) is 11.3 Å². The van der Waals surface area contributed by atoms with Crippen molar-refractivity contribution >= 4 is 23.3 Å². The number of nitrogens with zero attached hydrogens (tertiary/aromatic N) is 2. The highest BCUT2D eigenvalue weighted by atomic mass is 35.5. The number of carbonyl (C=O) groups is 1. The molecule has 1 unspecified atom stereocenters. The Kier molecular flexibility index (Phi) is 6.26. The molecular weight excluding hydrogens is 379 g/mol. The second-order valence-corrected chi connectivity index (χ2v) is 7.88. The third-order valence-corrected chi connectivity index (χ3v) is 5.96. The molecule has 0 bridgehead atoms. The van der Waals surface area contributed by atoms with Gasteiger partial charge in [-0.1, -0.05) is 17.7 Å². The fraction of sp³-hybridized carbons (Fsp3) is 0.409. The van der Waals surface area contributed by atoms with Gasteiger partial charge in [0.05, 0.1) is 12.0 Å². The Morgan fingerprint density at radius 2 is 2.04 bits per heavy atom. The molecule has 0 spiro atoms. The predicted octanol–water partition coefficient (Wildman–Crippen LogP) is 4.89. The van der Waals surface area contributed by atoms with Gasteiger partial charge in [0.15, 0.2) is 0 Å². The topological polar surface area (TPSA) is 43.8 Å². The second-order valence-electron chi connectivity index (χ2n) is 7.48. The van der Waals surface area contributed by atoms with Crippen molar-refractivity contribution < 1.29 is 14.3 Å². The molecule has 0 aromatic heterocycles. The molecule has 3 rings (SSSR count). The third-order valence-electron chi connectivity index (χ3n) is 5.53.